The van der Waals surface area contributed by atoms with Gasteiger partial charge >= 0.3 is 11.8 Å². The maximum Gasteiger partial charge on any atom is 0.409 e. The van der Waals surface area contributed by atoms with Crippen LogP contribution < -0.4 is 11.0 Å². The molecule has 0 bridgehead atoms. The summed E-state index contributed by atoms with van der Waals surface area (Å²) in [5.41, 5.74) is 1.54. The molecule has 1 aromatic heterocycles. The van der Waals surface area contributed by atoms with Crippen LogP contribution in [0.5, 0.6) is 0 Å². The minimum atomic E-state index is -0.355. The predicted molar refractivity (Wildman–Crippen MR) is 94.3 cm³/mol. The molecule has 0 saturated carbocycles. The molecule has 0 spiro atoms. The van der Waals surface area contributed by atoms with Gasteiger partial charge in [-0.3, -0.25) is 9.36 Å². The third kappa shape index (κ3) is 3.88. The molecule has 9 heteroatoms. The topological polar surface area (TPSA) is 106 Å². The van der Waals surface area contributed by atoms with E-state index in [1.807, 2.05) is 6.92 Å². The van der Waals surface area contributed by atoms with Crippen LogP contribution in [0, 0.1) is 0 Å². The van der Waals surface area contributed by atoms with Crippen LogP contribution in [0.25, 0.3) is 11.0 Å². The highest BCUT2D eigenvalue weighted by molar-refractivity contribution is 5.97. The normalized spacial score (nSPS) is 14.0. The van der Waals surface area contributed by atoms with Gasteiger partial charge in [0, 0.05) is 25.3 Å². The van der Waals surface area contributed by atoms with Crippen molar-refractivity contribution < 1.29 is 19.1 Å². The fourth-order valence-corrected chi connectivity index (χ4v) is 2.86. The zero-order chi connectivity index (χ0) is 18.5. The number of nitrogens with zero attached hydrogens (tertiary/aromatic N) is 2. The number of rotatable bonds is 8. The Bertz CT molecular complexity index is 856. The molecule has 2 heterocycles. The summed E-state index contributed by atoms with van der Waals surface area (Å²) in [7, 11) is 0. The number of fused-ring (bicyclic) bond motifs is 1. The van der Waals surface area contributed by atoms with Crippen molar-refractivity contribution in [2.75, 3.05) is 39.5 Å². The molecular weight excluding hydrogens is 340 g/mol. The van der Waals surface area contributed by atoms with E-state index in [2.05, 4.69) is 10.3 Å². The fraction of sp³-hybridized carbons (Fsp3) is 0.471. The molecule has 2 amide bonds. The Balaban J connectivity index is 1.63. The van der Waals surface area contributed by atoms with E-state index in [1.165, 1.54) is 0 Å². The first-order valence-electron chi connectivity index (χ1n) is 8.60. The number of ether oxygens (including phenoxy) is 2. The average molecular weight is 362 g/mol. The summed E-state index contributed by atoms with van der Waals surface area (Å²) in [6.07, 6.45) is -0.355. The number of carbonyl (C=O) groups is 2. The van der Waals surface area contributed by atoms with Gasteiger partial charge in [0.2, 0.25) is 0 Å². The highest BCUT2D eigenvalue weighted by atomic mass is 16.6. The van der Waals surface area contributed by atoms with Crippen molar-refractivity contribution in [3.8, 4) is 0 Å². The molecule has 1 saturated heterocycles. The van der Waals surface area contributed by atoms with Gasteiger partial charge in [0.1, 0.15) is 6.61 Å². The number of imidazole rings is 1. The Kier molecular flexibility index (Phi) is 5.57. The van der Waals surface area contributed by atoms with Gasteiger partial charge in [-0.25, -0.2) is 9.59 Å². The molecule has 0 radical (unpaired) electrons. The van der Waals surface area contributed by atoms with Crippen molar-refractivity contribution in [3.63, 3.8) is 0 Å². The first-order chi connectivity index (χ1) is 12.6. The molecule has 0 unspecified atom stereocenters. The first kappa shape index (κ1) is 18.0. The zero-order valence-electron chi connectivity index (χ0n) is 14.6. The number of nitrogens with one attached hydrogen (secondary N) is 2. The van der Waals surface area contributed by atoms with Crippen LogP contribution in [0.1, 0.15) is 17.3 Å². The number of carbonyl (C=O) groups excluding carboxylic acids is 2. The first-order valence-corrected chi connectivity index (χ1v) is 8.60. The van der Waals surface area contributed by atoms with Crippen molar-refractivity contribution in [2.24, 2.45) is 0 Å². The van der Waals surface area contributed by atoms with E-state index in [1.54, 1.807) is 27.7 Å². The fourth-order valence-electron chi connectivity index (χ4n) is 2.86. The van der Waals surface area contributed by atoms with Gasteiger partial charge in [0.15, 0.2) is 0 Å². The number of aromatic amines is 1. The zero-order valence-corrected chi connectivity index (χ0v) is 14.6. The second-order valence-electron chi connectivity index (χ2n) is 5.87. The Morgan fingerprint density at radius 2 is 2.19 bits per heavy atom. The van der Waals surface area contributed by atoms with E-state index in [4.69, 9.17) is 9.47 Å². The summed E-state index contributed by atoms with van der Waals surface area (Å²) in [6, 6.07) is 5.06. The molecule has 0 atom stereocenters. The van der Waals surface area contributed by atoms with E-state index in [-0.39, 0.29) is 17.7 Å². The number of aromatic nitrogens is 2. The van der Waals surface area contributed by atoms with Gasteiger partial charge in [-0.05, 0) is 25.1 Å². The summed E-state index contributed by atoms with van der Waals surface area (Å²) in [4.78, 5) is 40.0. The molecule has 2 aromatic rings. The lowest BCUT2D eigenvalue weighted by molar-refractivity contribution is 0.0949. The smallest absolute Gasteiger partial charge is 0.409 e. The van der Waals surface area contributed by atoms with Crippen LogP contribution in [-0.4, -0.2) is 65.9 Å². The van der Waals surface area contributed by atoms with Gasteiger partial charge in [0.25, 0.3) is 5.91 Å². The lowest BCUT2D eigenvalue weighted by atomic mass is 10.2. The van der Waals surface area contributed by atoms with Crippen LogP contribution in [0.4, 0.5) is 4.79 Å². The van der Waals surface area contributed by atoms with Gasteiger partial charge in [-0.15, -0.1) is 0 Å². The summed E-state index contributed by atoms with van der Waals surface area (Å²) in [5.74, 6) is -0.262. The van der Waals surface area contributed by atoms with E-state index < -0.39 is 0 Å². The molecule has 0 aliphatic carbocycles. The minimum Gasteiger partial charge on any atom is -0.448 e. The molecule has 1 fully saturated rings. The van der Waals surface area contributed by atoms with Crippen LogP contribution in [0.2, 0.25) is 0 Å². The Hall–Kier alpha value is -2.81. The van der Waals surface area contributed by atoms with Crippen molar-refractivity contribution in [2.45, 2.75) is 13.5 Å². The molecule has 9 nitrogen and oxygen atoms in total. The van der Waals surface area contributed by atoms with Crippen LogP contribution in [0.3, 0.4) is 0 Å². The summed E-state index contributed by atoms with van der Waals surface area (Å²) < 4.78 is 11.7. The number of benzene rings is 1. The standard InChI is InChI=1S/C17H22N4O5/c1-2-25-9-8-21-14-4-3-12(11-13(14)19-16(21)23)15(22)18-5-6-20-7-10-26-17(20)24/h3-4,11H,2,5-10H2,1H3,(H,18,22)(H,19,23). The minimum absolute atomic E-state index is 0.232. The average Bonchev–Trinajstić information content (AvgIpc) is 3.17. The van der Waals surface area contributed by atoms with Crippen LogP contribution in [0.15, 0.2) is 23.0 Å². The Labute approximate surface area is 149 Å². The number of amides is 2. The van der Waals surface area contributed by atoms with E-state index in [9.17, 15) is 14.4 Å². The maximum atomic E-state index is 12.3. The SMILES string of the molecule is CCOCCn1c(=O)[nH]c2cc(C(=O)NCCN3CCOC3=O)ccc21. The summed E-state index contributed by atoms with van der Waals surface area (Å²) in [6.45, 7) is 5.05. The van der Waals surface area contributed by atoms with Gasteiger partial charge in [0.05, 0.1) is 30.7 Å². The molecule has 1 aliphatic heterocycles. The highest BCUT2D eigenvalue weighted by Crippen LogP contribution is 2.13. The molecule has 1 aliphatic rings. The maximum absolute atomic E-state index is 12.3. The molecule has 1 aromatic carbocycles. The lowest BCUT2D eigenvalue weighted by Gasteiger charge is -2.12. The molecule has 3 rings (SSSR count). The Morgan fingerprint density at radius 3 is 2.92 bits per heavy atom. The van der Waals surface area contributed by atoms with Crippen molar-refractivity contribution in [1.82, 2.24) is 19.8 Å². The van der Waals surface area contributed by atoms with E-state index >= 15 is 0 Å². The van der Waals surface area contributed by atoms with Gasteiger partial charge < -0.3 is 24.7 Å². The van der Waals surface area contributed by atoms with E-state index in [0.717, 1.165) is 5.52 Å². The van der Waals surface area contributed by atoms with Crippen LogP contribution >= 0.6 is 0 Å². The number of cyclic esters (lactones) is 1. The van der Waals surface area contributed by atoms with Gasteiger partial charge in [-0.2, -0.15) is 0 Å². The quantitative estimate of drug-likeness (QED) is 0.667. The van der Waals surface area contributed by atoms with Crippen molar-refractivity contribution in [1.29, 1.82) is 0 Å². The summed E-state index contributed by atoms with van der Waals surface area (Å²) in [5, 5.41) is 2.77. The predicted octanol–water partition coefficient (Wildman–Crippen LogP) is 0.548. The third-order valence-corrected chi connectivity index (χ3v) is 4.21. The lowest BCUT2D eigenvalue weighted by Crippen LogP contribution is -2.35. The molecular formula is C17H22N4O5. The molecule has 140 valence electrons. The molecule has 26 heavy (non-hydrogen) atoms. The summed E-state index contributed by atoms with van der Waals surface area (Å²) >= 11 is 0. The van der Waals surface area contributed by atoms with E-state index in [0.29, 0.717) is 57.1 Å². The second-order valence-corrected chi connectivity index (χ2v) is 5.87. The Morgan fingerprint density at radius 1 is 1.35 bits per heavy atom. The number of H-pyrrole nitrogens is 1. The third-order valence-electron chi connectivity index (χ3n) is 4.21. The van der Waals surface area contributed by atoms with Crippen molar-refractivity contribution in [3.05, 3.63) is 34.2 Å². The highest BCUT2D eigenvalue weighted by Gasteiger charge is 2.21. The monoisotopic (exact) mass is 362 g/mol. The second kappa shape index (κ2) is 8.05. The van der Waals surface area contributed by atoms with Crippen molar-refractivity contribution >= 4 is 23.0 Å². The van der Waals surface area contributed by atoms with Gasteiger partial charge in [-0.1, -0.05) is 0 Å². The molecule has 2 N–H and O–H groups in total. The largest absolute Gasteiger partial charge is 0.448 e. The van der Waals surface area contributed by atoms with Crippen LogP contribution in [-0.2, 0) is 16.0 Å². The number of hydrogen-bond donors (Lipinski definition) is 2. The number of hydrogen-bond acceptors (Lipinski definition) is 5.